The molecule has 1 aromatic heterocycles. The molecule has 3 aromatic rings. The van der Waals surface area contributed by atoms with Gasteiger partial charge < -0.3 is 35.4 Å². The Morgan fingerprint density at radius 2 is 1.39 bits per heavy atom. The van der Waals surface area contributed by atoms with Gasteiger partial charge in [0.1, 0.15) is 16.7 Å². The van der Waals surface area contributed by atoms with Crippen molar-refractivity contribution in [3.05, 3.63) is 94.5 Å². The Bertz CT molecular complexity index is 2840. The molecule has 22 heteroatoms. The minimum atomic E-state index is -1.06. The first-order valence-electron chi connectivity index (χ1n) is 31.1. The maximum atomic E-state index is 15.0. The number of ketones is 2. The number of thioether (sulfide) groups is 1. The normalized spacial score (nSPS) is 16.5. The number of amides is 7. The lowest BCUT2D eigenvalue weighted by Gasteiger charge is -2.37. The SMILES string of the molecule is CCC(C)C(C(=O)CC(C(=O)N(C)[C@H](C[C@@H](OC(C)=O)c1nc(C(=O)N(C)[C@@H](CSc2ccccc2)C(=O)C[C@H](CCCCN)C(=O)N[C@@H](Cc2ccccc2)C(=O)N2CCN(C(=O)CCCN3C(=O)C=CC3=O)CC2)cs1)C(C)C)[C@@H](C)CC)N(C)C. The van der Waals surface area contributed by atoms with E-state index >= 15 is 4.79 Å². The molecule has 3 heterocycles. The standard InChI is InChI=1S/C66H95N9O11S2/c1-12-44(5)50(39-56(78)61(70(8)9)45(6)13-2)64(83)71(10)53(43(3)4)40-57(86-46(7)76)63-69-52(41-88-63)65(84)72(11)54(42-87-49-26-18-15-19-27-49)55(77)38-48(25-20-21-31-67)62(82)68-51(37-47-23-16-14-17-24-47)66(85)74-35-33-73(34-36-74)58(79)28-22-32-75-59(80)29-30-60(75)81/h14-19,23-24,26-27,29-30,41,43-45,48,50-51,53-54,57,61H,12-13,20-22,25,28,31-40,42,67H2,1-11H3,(H,68,82)/t44-,45?,48-,50?,51-,53+,54-,57+,61?/m0/s1. The summed E-state index contributed by atoms with van der Waals surface area (Å²) in [7, 11) is 7.04. The smallest absolute Gasteiger partial charge is 0.303 e. The third-order valence-electron chi connectivity index (χ3n) is 17.2. The Hall–Kier alpha value is -6.62. The van der Waals surface area contributed by atoms with Crippen LogP contribution in [0.15, 0.2) is 83.1 Å². The van der Waals surface area contributed by atoms with Crippen molar-refractivity contribution in [1.82, 2.24) is 39.7 Å². The fourth-order valence-corrected chi connectivity index (χ4v) is 13.5. The highest BCUT2D eigenvalue weighted by molar-refractivity contribution is 7.99. The predicted octanol–water partition coefficient (Wildman–Crippen LogP) is 7.26. The van der Waals surface area contributed by atoms with E-state index in [1.807, 2.05) is 107 Å². The molecule has 20 nitrogen and oxygen atoms in total. The Kier molecular flexibility index (Phi) is 29.1. The van der Waals surface area contributed by atoms with Crippen LogP contribution < -0.4 is 11.1 Å². The van der Waals surface area contributed by atoms with Crippen LogP contribution in [0.1, 0.15) is 140 Å². The molecule has 5 rings (SSSR count). The molecule has 0 radical (unpaired) electrons. The zero-order valence-electron chi connectivity index (χ0n) is 53.5. The molecule has 2 aliphatic rings. The summed E-state index contributed by atoms with van der Waals surface area (Å²) < 4.78 is 5.95. The lowest BCUT2D eigenvalue weighted by Crippen LogP contribution is -2.57. The third kappa shape index (κ3) is 20.7. The van der Waals surface area contributed by atoms with Crippen molar-refractivity contribution in [2.75, 3.05) is 73.2 Å². The van der Waals surface area contributed by atoms with Gasteiger partial charge in [-0.05, 0) is 75.4 Å². The van der Waals surface area contributed by atoms with Crippen LogP contribution in [-0.2, 0) is 54.3 Å². The van der Waals surface area contributed by atoms with Crippen LogP contribution in [0.2, 0.25) is 0 Å². The van der Waals surface area contributed by atoms with Crippen molar-refractivity contribution in [1.29, 1.82) is 0 Å². The minimum absolute atomic E-state index is 0.00941. The molecular weight excluding hydrogens is 1160 g/mol. The van der Waals surface area contributed by atoms with E-state index in [1.165, 1.54) is 42.8 Å². The molecule has 2 aromatic carbocycles. The van der Waals surface area contributed by atoms with Crippen LogP contribution in [-0.4, -0.2) is 191 Å². The number of likely N-dealkylation sites (N-methyl/N-ethyl adjacent to an activating group) is 2. The van der Waals surface area contributed by atoms with Gasteiger partial charge in [-0.1, -0.05) is 109 Å². The van der Waals surface area contributed by atoms with Gasteiger partial charge in [-0.2, -0.15) is 0 Å². The van der Waals surface area contributed by atoms with Crippen molar-refractivity contribution in [2.45, 2.75) is 154 Å². The second kappa shape index (κ2) is 35.5. The zero-order chi connectivity index (χ0) is 64.8. The molecule has 3 N–H and O–H groups in total. The first kappa shape index (κ1) is 72.1. The lowest BCUT2D eigenvalue weighted by molar-refractivity contribution is -0.150. The average molecular weight is 1250 g/mol. The number of aromatic nitrogens is 1. The maximum absolute atomic E-state index is 15.0. The van der Waals surface area contributed by atoms with Gasteiger partial charge in [0.2, 0.25) is 23.6 Å². The highest BCUT2D eigenvalue weighted by atomic mass is 32.2. The Morgan fingerprint density at radius 3 is 1.97 bits per heavy atom. The highest BCUT2D eigenvalue weighted by Crippen LogP contribution is 2.34. The van der Waals surface area contributed by atoms with Crippen molar-refractivity contribution >= 4 is 82.0 Å². The number of hydrogen-bond donors (Lipinski definition) is 2. The van der Waals surface area contributed by atoms with Crippen LogP contribution in [0.25, 0.3) is 0 Å². The molecule has 2 aliphatic heterocycles. The van der Waals surface area contributed by atoms with Gasteiger partial charge in [0.25, 0.3) is 17.7 Å². The van der Waals surface area contributed by atoms with Crippen LogP contribution in [0.4, 0.5) is 0 Å². The molecule has 3 unspecified atom stereocenters. The Balaban J connectivity index is 1.36. The largest absolute Gasteiger partial charge is 0.455 e. The molecule has 0 aliphatic carbocycles. The third-order valence-corrected chi connectivity index (χ3v) is 19.2. The van der Waals surface area contributed by atoms with Crippen LogP contribution >= 0.6 is 23.1 Å². The minimum Gasteiger partial charge on any atom is -0.455 e. The molecule has 482 valence electrons. The quantitative estimate of drug-likeness (QED) is 0.0252. The molecular formula is C66H95N9O11S2. The summed E-state index contributed by atoms with van der Waals surface area (Å²) in [5.41, 5.74) is 6.75. The van der Waals surface area contributed by atoms with Gasteiger partial charge in [0.15, 0.2) is 17.7 Å². The number of rotatable bonds is 36. The monoisotopic (exact) mass is 1250 g/mol. The van der Waals surface area contributed by atoms with E-state index in [-0.39, 0.29) is 136 Å². The number of piperazine rings is 1. The number of carbonyl (C=O) groups is 10. The number of Topliss-reactive ketones (excluding diaryl/α,β-unsaturated/α-hetero) is 2. The number of imide groups is 1. The average Bonchev–Trinajstić information content (AvgIpc) is 4.17. The fraction of sp³-hybridized carbons (Fsp3) is 0.591. The lowest BCUT2D eigenvalue weighted by atomic mass is 9.82. The molecule has 1 saturated heterocycles. The topological polar surface area (TPSA) is 250 Å². The number of thiazole rings is 1. The van der Waals surface area contributed by atoms with Crippen LogP contribution in [0, 0.1) is 29.6 Å². The van der Waals surface area contributed by atoms with Gasteiger partial charge in [-0.25, -0.2) is 4.98 Å². The molecule has 7 amide bonds. The first-order chi connectivity index (χ1) is 41.9. The van der Waals surface area contributed by atoms with Gasteiger partial charge in [-0.15, -0.1) is 23.1 Å². The van der Waals surface area contributed by atoms with Crippen molar-refractivity contribution < 1.29 is 52.7 Å². The van der Waals surface area contributed by atoms with E-state index in [2.05, 4.69) is 19.2 Å². The molecule has 88 heavy (non-hydrogen) atoms. The fourth-order valence-electron chi connectivity index (χ4n) is 11.6. The number of nitrogens with two attached hydrogens (primary N) is 1. The summed E-state index contributed by atoms with van der Waals surface area (Å²) in [6.45, 7) is 14.7. The summed E-state index contributed by atoms with van der Waals surface area (Å²) in [5.74, 6) is -5.02. The number of unbranched alkanes of at least 4 members (excludes halogenated alkanes) is 1. The summed E-state index contributed by atoms with van der Waals surface area (Å²) in [4.78, 5) is 153. The number of nitrogens with zero attached hydrogens (tertiary/aromatic N) is 7. The summed E-state index contributed by atoms with van der Waals surface area (Å²) in [6.07, 6.45) is 4.84. The number of esters is 1. The predicted molar refractivity (Wildman–Crippen MR) is 342 cm³/mol. The first-order valence-corrected chi connectivity index (χ1v) is 33.0. The summed E-state index contributed by atoms with van der Waals surface area (Å²) in [5, 5.41) is 4.92. The molecule has 0 saturated carbocycles. The van der Waals surface area contributed by atoms with E-state index in [0.29, 0.717) is 37.2 Å². The number of carbonyl (C=O) groups excluding carboxylic acids is 10. The van der Waals surface area contributed by atoms with Gasteiger partial charge in [0, 0.05) is 132 Å². The van der Waals surface area contributed by atoms with Crippen LogP contribution in [0.3, 0.4) is 0 Å². The Morgan fingerprint density at radius 1 is 0.773 bits per heavy atom. The maximum Gasteiger partial charge on any atom is 0.303 e. The second-order valence-electron chi connectivity index (χ2n) is 24.1. The molecule has 1 fully saturated rings. The van der Waals surface area contributed by atoms with Crippen LogP contribution in [0.5, 0.6) is 0 Å². The number of hydrogen-bond acceptors (Lipinski definition) is 16. The van der Waals surface area contributed by atoms with Gasteiger partial charge >= 0.3 is 5.97 Å². The summed E-state index contributed by atoms with van der Waals surface area (Å²) in [6, 6.07) is 15.8. The van der Waals surface area contributed by atoms with Crippen molar-refractivity contribution in [2.24, 2.45) is 35.3 Å². The number of ether oxygens (including phenoxy) is 1. The van der Waals surface area contributed by atoms with E-state index in [0.717, 1.165) is 33.1 Å². The Labute approximate surface area is 529 Å². The van der Waals surface area contributed by atoms with Crippen molar-refractivity contribution in [3.8, 4) is 0 Å². The second-order valence-corrected chi connectivity index (χ2v) is 26.0. The number of nitrogens with one attached hydrogen (secondary N) is 1. The number of benzene rings is 2. The van der Waals surface area contributed by atoms with Gasteiger partial charge in [-0.3, -0.25) is 57.7 Å². The summed E-state index contributed by atoms with van der Waals surface area (Å²) >= 11 is 2.50. The van der Waals surface area contributed by atoms with Gasteiger partial charge in [0.05, 0.1) is 12.1 Å². The van der Waals surface area contributed by atoms with E-state index in [1.54, 1.807) is 27.1 Å². The molecule has 0 spiro atoms. The highest BCUT2D eigenvalue weighted by Gasteiger charge is 2.40. The van der Waals surface area contributed by atoms with E-state index < -0.39 is 65.7 Å². The zero-order valence-corrected chi connectivity index (χ0v) is 55.2. The molecule has 0 bridgehead atoms. The van der Waals surface area contributed by atoms with E-state index in [4.69, 9.17) is 15.5 Å². The van der Waals surface area contributed by atoms with Crippen molar-refractivity contribution in [3.63, 3.8) is 0 Å². The van der Waals surface area contributed by atoms with E-state index in [9.17, 15) is 43.2 Å². The molecule has 9 atom stereocenters.